The van der Waals surface area contributed by atoms with Gasteiger partial charge in [-0.25, -0.2) is 4.98 Å². The van der Waals surface area contributed by atoms with E-state index in [0.717, 1.165) is 58.3 Å². The van der Waals surface area contributed by atoms with Crippen LogP contribution in [0.4, 0.5) is 5.69 Å². The maximum Gasteiger partial charge on any atom is 0.262 e. The number of anilines is 1. The van der Waals surface area contributed by atoms with Gasteiger partial charge in [-0.05, 0) is 50.5 Å². The number of benzene rings is 1. The highest BCUT2D eigenvalue weighted by atomic mass is 35.5. The van der Waals surface area contributed by atoms with Crippen molar-refractivity contribution in [3.8, 4) is 11.4 Å². The molecule has 0 radical (unpaired) electrons. The Bertz CT molecular complexity index is 1450. The zero-order valence-electron chi connectivity index (χ0n) is 19.1. The zero-order chi connectivity index (χ0) is 23.8. The highest BCUT2D eigenvalue weighted by molar-refractivity contribution is 7.18. The maximum absolute atomic E-state index is 12.9. The van der Waals surface area contributed by atoms with Gasteiger partial charge in [-0.2, -0.15) is 0 Å². The quantitative estimate of drug-likeness (QED) is 0.430. The molecule has 0 atom stereocenters. The zero-order valence-corrected chi connectivity index (χ0v) is 20.7. The molecule has 0 bridgehead atoms. The number of rotatable bonds is 5. The number of nitrogens with one attached hydrogen (secondary N) is 1. The summed E-state index contributed by atoms with van der Waals surface area (Å²) < 4.78 is 3.63. The van der Waals surface area contributed by atoms with Crippen molar-refractivity contribution in [1.29, 1.82) is 0 Å². The first-order chi connectivity index (χ1) is 16.4. The van der Waals surface area contributed by atoms with Gasteiger partial charge in [-0.15, -0.1) is 21.5 Å². The number of aromatic nitrogens is 5. The van der Waals surface area contributed by atoms with Crippen molar-refractivity contribution in [2.45, 2.75) is 59.0 Å². The molecule has 4 heterocycles. The van der Waals surface area contributed by atoms with Gasteiger partial charge in [-0.3, -0.25) is 14.2 Å². The molecule has 1 N–H and O–H groups in total. The lowest BCUT2D eigenvalue weighted by molar-refractivity contribution is -0.116. The standard InChI is InChI=1S/C24H25ClN6O2S/c1-14-15(2)34-23-21(14)24(33)30(13-26-23)11-9-20(32)27-16-7-8-18(25)17(12-16)22-29-28-19-6-4-3-5-10-31(19)22/h7-8,12-13H,3-6,9-11H2,1-2H3,(H,27,32). The van der Waals surface area contributed by atoms with Crippen molar-refractivity contribution in [3.63, 3.8) is 0 Å². The summed E-state index contributed by atoms with van der Waals surface area (Å²) in [4.78, 5) is 31.8. The van der Waals surface area contributed by atoms with Gasteiger partial charge in [0.15, 0.2) is 5.82 Å². The molecule has 0 spiro atoms. The second kappa shape index (κ2) is 9.31. The van der Waals surface area contributed by atoms with Crippen LogP contribution in [0.1, 0.15) is 41.9 Å². The fourth-order valence-electron chi connectivity index (χ4n) is 4.33. The molecule has 8 nitrogen and oxygen atoms in total. The Morgan fingerprint density at radius 2 is 2.06 bits per heavy atom. The van der Waals surface area contributed by atoms with Crippen LogP contribution in [0.15, 0.2) is 29.3 Å². The molecule has 1 amide bonds. The summed E-state index contributed by atoms with van der Waals surface area (Å²) in [5.41, 5.74) is 2.21. The first-order valence-electron chi connectivity index (χ1n) is 11.4. The van der Waals surface area contributed by atoms with E-state index in [2.05, 4.69) is 25.1 Å². The summed E-state index contributed by atoms with van der Waals surface area (Å²) in [6.45, 7) is 5.03. The molecule has 0 saturated carbocycles. The van der Waals surface area contributed by atoms with Gasteiger partial charge in [0.25, 0.3) is 5.56 Å². The third-order valence-electron chi connectivity index (χ3n) is 6.34. The molecule has 0 aliphatic carbocycles. The summed E-state index contributed by atoms with van der Waals surface area (Å²) in [6.07, 6.45) is 5.93. The number of hydrogen-bond acceptors (Lipinski definition) is 6. The lowest BCUT2D eigenvalue weighted by atomic mass is 10.1. The van der Waals surface area contributed by atoms with E-state index in [1.54, 1.807) is 12.1 Å². The van der Waals surface area contributed by atoms with E-state index >= 15 is 0 Å². The number of carbonyl (C=O) groups is 1. The van der Waals surface area contributed by atoms with Gasteiger partial charge >= 0.3 is 0 Å². The molecule has 1 aromatic carbocycles. The maximum atomic E-state index is 12.9. The van der Waals surface area contributed by atoms with Crippen LogP contribution >= 0.6 is 22.9 Å². The van der Waals surface area contributed by atoms with E-state index < -0.39 is 0 Å². The topological polar surface area (TPSA) is 94.7 Å². The van der Waals surface area contributed by atoms with Crippen molar-refractivity contribution < 1.29 is 4.79 Å². The molecule has 3 aromatic heterocycles. The minimum Gasteiger partial charge on any atom is -0.326 e. The number of halogens is 1. The highest BCUT2D eigenvalue weighted by Crippen LogP contribution is 2.31. The largest absolute Gasteiger partial charge is 0.326 e. The van der Waals surface area contributed by atoms with Gasteiger partial charge in [0.2, 0.25) is 5.91 Å². The van der Waals surface area contributed by atoms with Gasteiger partial charge in [0, 0.05) is 42.1 Å². The minimum atomic E-state index is -0.196. The summed E-state index contributed by atoms with van der Waals surface area (Å²) in [5, 5.41) is 12.9. The van der Waals surface area contributed by atoms with Gasteiger partial charge in [0.1, 0.15) is 10.7 Å². The Morgan fingerprint density at radius 3 is 2.91 bits per heavy atom. The van der Waals surface area contributed by atoms with Crippen LogP contribution in [0.25, 0.3) is 21.6 Å². The minimum absolute atomic E-state index is 0.110. The fraction of sp³-hybridized carbons (Fsp3) is 0.375. The smallest absolute Gasteiger partial charge is 0.262 e. The molecule has 1 aliphatic rings. The lowest BCUT2D eigenvalue weighted by Gasteiger charge is -2.11. The Kier molecular flexibility index (Phi) is 6.22. The van der Waals surface area contributed by atoms with Crippen molar-refractivity contribution in [2.75, 3.05) is 5.32 Å². The van der Waals surface area contributed by atoms with Crippen molar-refractivity contribution in [2.24, 2.45) is 0 Å². The van der Waals surface area contributed by atoms with Crippen LogP contribution in [-0.4, -0.2) is 30.2 Å². The normalized spacial score (nSPS) is 13.6. The first-order valence-corrected chi connectivity index (χ1v) is 12.6. The van der Waals surface area contributed by atoms with Crippen LogP contribution in [0.5, 0.6) is 0 Å². The van der Waals surface area contributed by atoms with Crippen molar-refractivity contribution in [1.82, 2.24) is 24.3 Å². The monoisotopic (exact) mass is 496 g/mol. The molecule has 0 fully saturated rings. The Balaban J connectivity index is 1.32. The second-order valence-corrected chi connectivity index (χ2v) is 10.2. The number of aryl methyl sites for hydroxylation is 4. The highest BCUT2D eigenvalue weighted by Gasteiger charge is 2.19. The lowest BCUT2D eigenvalue weighted by Crippen LogP contribution is -2.23. The van der Waals surface area contributed by atoms with E-state index in [1.807, 2.05) is 19.9 Å². The second-order valence-electron chi connectivity index (χ2n) is 8.60. The van der Waals surface area contributed by atoms with Crippen LogP contribution in [-0.2, 0) is 24.3 Å². The number of amides is 1. The van der Waals surface area contributed by atoms with E-state index in [4.69, 9.17) is 11.6 Å². The van der Waals surface area contributed by atoms with Crippen molar-refractivity contribution in [3.05, 3.63) is 56.2 Å². The molecule has 176 valence electrons. The van der Waals surface area contributed by atoms with Crippen LogP contribution in [0, 0.1) is 13.8 Å². The Hall–Kier alpha value is -3.04. The molecule has 0 unspecified atom stereocenters. The average Bonchev–Trinajstić information content (AvgIpc) is 3.24. The third kappa shape index (κ3) is 4.25. The predicted molar refractivity (Wildman–Crippen MR) is 135 cm³/mol. The summed E-state index contributed by atoms with van der Waals surface area (Å²) in [7, 11) is 0. The number of hydrogen-bond donors (Lipinski definition) is 1. The summed E-state index contributed by atoms with van der Waals surface area (Å²) in [5.74, 6) is 1.51. The predicted octanol–water partition coefficient (Wildman–Crippen LogP) is 4.74. The van der Waals surface area contributed by atoms with Gasteiger partial charge in [-0.1, -0.05) is 18.0 Å². The van der Waals surface area contributed by atoms with Gasteiger partial charge < -0.3 is 9.88 Å². The van der Waals surface area contributed by atoms with Crippen molar-refractivity contribution >= 4 is 44.7 Å². The average molecular weight is 497 g/mol. The summed E-state index contributed by atoms with van der Waals surface area (Å²) >= 11 is 8.00. The number of fused-ring (bicyclic) bond motifs is 2. The molecule has 0 saturated heterocycles. The van der Waals surface area contributed by atoms with E-state index in [-0.39, 0.29) is 24.4 Å². The van der Waals surface area contributed by atoms with E-state index in [9.17, 15) is 9.59 Å². The molecular weight excluding hydrogens is 472 g/mol. The van der Waals surface area contributed by atoms with Crippen LogP contribution < -0.4 is 10.9 Å². The van der Waals surface area contributed by atoms with E-state index in [1.165, 1.54) is 28.7 Å². The first kappa shape index (κ1) is 22.7. The fourth-order valence-corrected chi connectivity index (χ4v) is 5.52. The summed E-state index contributed by atoms with van der Waals surface area (Å²) in [6, 6.07) is 5.36. The Morgan fingerprint density at radius 1 is 1.21 bits per heavy atom. The molecule has 1 aliphatic heterocycles. The molecular formula is C24H25ClN6O2S. The third-order valence-corrected chi connectivity index (χ3v) is 7.78. The van der Waals surface area contributed by atoms with Crippen LogP contribution in [0.3, 0.4) is 0 Å². The van der Waals surface area contributed by atoms with Crippen LogP contribution in [0.2, 0.25) is 5.02 Å². The molecule has 5 rings (SSSR count). The van der Waals surface area contributed by atoms with Gasteiger partial charge in [0.05, 0.1) is 16.7 Å². The molecule has 34 heavy (non-hydrogen) atoms. The van der Waals surface area contributed by atoms with E-state index in [0.29, 0.717) is 16.1 Å². The SMILES string of the molecule is Cc1sc2ncn(CCC(=O)Nc3ccc(Cl)c(-c4nnc5n4CCCCC5)c3)c(=O)c2c1C. The number of carbonyl (C=O) groups excluding carboxylic acids is 1. The molecule has 4 aromatic rings. The molecule has 10 heteroatoms. The number of thiophene rings is 1. The number of nitrogens with zero attached hydrogens (tertiary/aromatic N) is 5. The Labute approximate surface area is 205 Å².